The molecule has 0 heterocycles. The number of hydrogen-bond acceptors (Lipinski definition) is 4. The van der Waals surface area contributed by atoms with E-state index in [4.69, 9.17) is 5.11 Å². The third-order valence-electron chi connectivity index (χ3n) is 2.75. The Balaban J connectivity index is 3.18. The van der Waals surface area contributed by atoms with Gasteiger partial charge in [0.1, 0.15) is 17.0 Å². The van der Waals surface area contributed by atoms with E-state index >= 15 is 0 Å². The van der Waals surface area contributed by atoms with Gasteiger partial charge in [-0.25, -0.2) is 9.18 Å². The Bertz CT molecular complexity index is 492. The summed E-state index contributed by atoms with van der Waals surface area (Å²) in [7, 11) is 0. The molecule has 6 nitrogen and oxygen atoms in total. The van der Waals surface area contributed by atoms with Crippen molar-refractivity contribution in [1.29, 1.82) is 0 Å². The molecule has 0 saturated heterocycles. The van der Waals surface area contributed by atoms with E-state index in [0.717, 1.165) is 18.2 Å². The fraction of sp³-hybridized carbons (Fsp3) is 0.364. The summed E-state index contributed by atoms with van der Waals surface area (Å²) in [5.41, 5.74) is -1.85. The van der Waals surface area contributed by atoms with Gasteiger partial charge in [0.05, 0.1) is 11.0 Å². The van der Waals surface area contributed by atoms with Crippen molar-refractivity contribution < 1.29 is 19.2 Å². The molecule has 0 spiro atoms. The van der Waals surface area contributed by atoms with Crippen LogP contribution < -0.4 is 5.32 Å². The highest BCUT2D eigenvalue weighted by Crippen LogP contribution is 2.29. The Labute approximate surface area is 103 Å². The molecule has 18 heavy (non-hydrogen) atoms. The van der Waals surface area contributed by atoms with E-state index < -0.39 is 27.9 Å². The van der Waals surface area contributed by atoms with E-state index in [-0.39, 0.29) is 12.1 Å². The Morgan fingerprint density at radius 1 is 1.61 bits per heavy atom. The third kappa shape index (κ3) is 2.73. The summed E-state index contributed by atoms with van der Waals surface area (Å²) in [5.74, 6) is -1.88. The Morgan fingerprint density at radius 2 is 2.22 bits per heavy atom. The topological polar surface area (TPSA) is 92.5 Å². The summed E-state index contributed by atoms with van der Waals surface area (Å²) >= 11 is 0. The number of carbonyl (C=O) groups is 1. The molecule has 1 rings (SSSR count). The van der Waals surface area contributed by atoms with Crippen LogP contribution in [0.5, 0.6) is 0 Å². The van der Waals surface area contributed by atoms with Gasteiger partial charge in [-0.05, 0) is 25.5 Å². The van der Waals surface area contributed by atoms with Gasteiger partial charge < -0.3 is 10.4 Å². The minimum absolute atomic E-state index is 0.0202. The number of halogens is 1. The lowest BCUT2D eigenvalue weighted by molar-refractivity contribution is -0.384. The first-order valence-corrected chi connectivity index (χ1v) is 5.25. The number of carboxylic acid groups (broad SMARTS) is 1. The van der Waals surface area contributed by atoms with Crippen molar-refractivity contribution in [3.8, 4) is 0 Å². The number of rotatable bonds is 5. The summed E-state index contributed by atoms with van der Waals surface area (Å²) in [6.07, 6.45) is 0.219. The summed E-state index contributed by atoms with van der Waals surface area (Å²) in [4.78, 5) is 21.1. The van der Waals surface area contributed by atoms with Gasteiger partial charge in [-0.15, -0.1) is 0 Å². The van der Waals surface area contributed by atoms with Crippen molar-refractivity contribution in [3.05, 3.63) is 34.1 Å². The number of carboxylic acids is 1. The third-order valence-corrected chi connectivity index (χ3v) is 2.75. The van der Waals surface area contributed by atoms with Crippen molar-refractivity contribution in [1.82, 2.24) is 0 Å². The van der Waals surface area contributed by atoms with Crippen LogP contribution in [0.2, 0.25) is 0 Å². The molecule has 1 aromatic carbocycles. The van der Waals surface area contributed by atoms with E-state index in [9.17, 15) is 19.3 Å². The molecular formula is C11H13FN2O4. The first-order chi connectivity index (χ1) is 8.30. The maximum absolute atomic E-state index is 12.9. The molecule has 0 fully saturated rings. The molecule has 0 amide bonds. The monoisotopic (exact) mass is 256 g/mol. The number of nitrogens with zero attached hydrogens (tertiary/aromatic N) is 1. The fourth-order valence-corrected chi connectivity index (χ4v) is 1.35. The molecule has 0 bridgehead atoms. The zero-order valence-corrected chi connectivity index (χ0v) is 9.94. The van der Waals surface area contributed by atoms with Crippen LogP contribution >= 0.6 is 0 Å². The van der Waals surface area contributed by atoms with Crippen molar-refractivity contribution >= 4 is 17.3 Å². The summed E-state index contributed by atoms with van der Waals surface area (Å²) in [5, 5.41) is 22.4. The van der Waals surface area contributed by atoms with Gasteiger partial charge in [-0.3, -0.25) is 10.1 Å². The number of aliphatic carboxylic acids is 1. The average Bonchev–Trinajstić information content (AvgIpc) is 2.30. The molecule has 1 unspecified atom stereocenters. The van der Waals surface area contributed by atoms with Gasteiger partial charge >= 0.3 is 5.97 Å². The quantitative estimate of drug-likeness (QED) is 0.623. The van der Waals surface area contributed by atoms with Gasteiger partial charge in [0.25, 0.3) is 5.69 Å². The second-order valence-electron chi connectivity index (χ2n) is 4.03. The number of nitro benzene ring substituents is 1. The highest BCUT2D eigenvalue weighted by Gasteiger charge is 2.33. The van der Waals surface area contributed by atoms with Crippen LogP contribution in [0.4, 0.5) is 15.8 Å². The second-order valence-corrected chi connectivity index (χ2v) is 4.03. The van der Waals surface area contributed by atoms with Crippen molar-refractivity contribution in [3.63, 3.8) is 0 Å². The van der Waals surface area contributed by atoms with Crippen molar-refractivity contribution in [2.24, 2.45) is 0 Å². The Kier molecular flexibility index (Phi) is 3.85. The average molecular weight is 256 g/mol. The fourth-order valence-electron chi connectivity index (χ4n) is 1.35. The van der Waals surface area contributed by atoms with Gasteiger partial charge in [0.15, 0.2) is 0 Å². The molecule has 0 aliphatic rings. The lowest BCUT2D eigenvalue weighted by Gasteiger charge is -2.25. The van der Waals surface area contributed by atoms with E-state index in [2.05, 4.69) is 5.32 Å². The highest BCUT2D eigenvalue weighted by molar-refractivity contribution is 5.83. The molecule has 0 aromatic heterocycles. The molecule has 0 aliphatic heterocycles. The van der Waals surface area contributed by atoms with E-state index in [1.807, 2.05) is 0 Å². The van der Waals surface area contributed by atoms with Crippen LogP contribution in [0.15, 0.2) is 18.2 Å². The molecule has 0 saturated carbocycles. The van der Waals surface area contributed by atoms with Gasteiger partial charge in [0, 0.05) is 0 Å². The molecule has 1 atom stereocenters. The van der Waals surface area contributed by atoms with Crippen LogP contribution in [-0.2, 0) is 4.79 Å². The van der Waals surface area contributed by atoms with Crippen molar-refractivity contribution in [2.75, 3.05) is 5.32 Å². The normalized spacial score (nSPS) is 13.7. The first kappa shape index (κ1) is 13.9. The van der Waals surface area contributed by atoms with E-state index in [0.29, 0.717) is 0 Å². The van der Waals surface area contributed by atoms with Gasteiger partial charge in [0.2, 0.25) is 0 Å². The van der Waals surface area contributed by atoms with Crippen LogP contribution in [0, 0.1) is 15.9 Å². The van der Waals surface area contributed by atoms with E-state index in [1.165, 1.54) is 6.92 Å². The highest BCUT2D eigenvalue weighted by atomic mass is 19.1. The molecular weight excluding hydrogens is 243 g/mol. The number of hydrogen-bond donors (Lipinski definition) is 2. The first-order valence-electron chi connectivity index (χ1n) is 5.25. The summed E-state index contributed by atoms with van der Waals surface area (Å²) in [6, 6.07) is 2.94. The molecule has 98 valence electrons. The van der Waals surface area contributed by atoms with Crippen LogP contribution in [-0.4, -0.2) is 21.5 Å². The van der Waals surface area contributed by atoms with Gasteiger partial charge in [-0.2, -0.15) is 0 Å². The lowest BCUT2D eigenvalue weighted by Crippen LogP contribution is -2.42. The number of anilines is 1. The lowest BCUT2D eigenvalue weighted by atomic mass is 9.98. The van der Waals surface area contributed by atoms with E-state index in [1.54, 1.807) is 6.92 Å². The minimum atomic E-state index is -1.34. The molecule has 7 heteroatoms. The van der Waals surface area contributed by atoms with Crippen LogP contribution in [0.3, 0.4) is 0 Å². The number of nitro groups is 1. The Morgan fingerprint density at radius 3 is 2.67 bits per heavy atom. The number of benzene rings is 1. The van der Waals surface area contributed by atoms with Gasteiger partial charge in [-0.1, -0.05) is 6.92 Å². The Hall–Kier alpha value is -2.18. The molecule has 0 aliphatic carbocycles. The smallest absolute Gasteiger partial charge is 0.329 e. The predicted molar refractivity (Wildman–Crippen MR) is 63.0 cm³/mol. The second kappa shape index (κ2) is 4.99. The maximum Gasteiger partial charge on any atom is 0.329 e. The molecule has 1 aromatic rings. The largest absolute Gasteiger partial charge is 0.480 e. The maximum atomic E-state index is 12.9. The molecule has 2 N–H and O–H groups in total. The van der Waals surface area contributed by atoms with Crippen LogP contribution in [0.1, 0.15) is 20.3 Å². The predicted octanol–water partition coefficient (Wildman–Crippen LogP) is 2.40. The zero-order valence-electron chi connectivity index (χ0n) is 9.94. The SMILES string of the molecule is CCC(C)(Nc1ccc(F)cc1[N+](=O)[O-])C(=O)O. The number of nitrogens with one attached hydrogen (secondary N) is 1. The molecule has 0 radical (unpaired) electrons. The minimum Gasteiger partial charge on any atom is -0.480 e. The standard InChI is InChI=1S/C11H13FN2O4/c1-3-11(2,10(15)16)13-8-5-4-7(12)6-9(8)14(17)18/h4-6,13H,3H2,1-2H3,(H,15,16). The van der Waals surface area contributed by atoms with Crippen molar-refractivity contribution in [2.45, 2.75) is 25.8 Å². The summed E-state index contributed by atoms with van der Waals surface area (Å²) in [6.45, 7) is 3.04. The zero-order chi connectivity index (χ0) is 13.9. The van der Waals surface area contributed by atoms with Crippen LogP contribution in [0.25, 0.3) is 0 Å². The summed E-state index contributed by atoms with van der Waals surface area (Å²) < 4.78 is 12.9.